The molecule has 3 heterocycles. The summed E-state index contributed by atoms with van der Waals surface area (Å²) >= 11 is 0. The van der Waals surface area contributed by atoms with E-state index in [0.717, 1.165) is 12.8 Å². The number of amides is 2. The minimum atomic E-state index is -0.280. The van der Waals surface area contributed by atoms with Crippen molar-refractivity contribution in [2.75, 3.05) is 32.8 Å². The number of rotatable bonds is 2. The van der Waals surface area contributed by atoms with Crippen LogP contribution in [0.5, 0.6) is 0 Å². The van der Waals surface area contributed by atoms with E-state index in [-0.39, 0.29) is 29.9 Å². The molecule has 2 amide bonds. The summed E-state index contributed by atoms with van der Waals surface area (Å²) < 4.78 is 5.34. The van der Waals surface area contributed by atoms with Crippen molar-refractivity contribution in [3.63, 3.8) is 0 Å². The van der Waals surface area contributed by atoms with Crippen LogP contribution in [0.2, 0.25) is 0 Å². The summed E-state index contributed by atoms with van der Waals surface area (Å²) in [5, 5.41) is 9.52. The first kappa shape index (κ1) is 14.8. The van der Waals surface area contributed by atoms with Gasteiger partial charge in [-0.2, -0.15) is 0 Å². The molecule has 21 heavy (non-hydrogen) atoms. The molecule has 0 radical (unpaired) electrons. The number of aliphatic hydroxyl groups is 1. The minimum Gasteiger partial charge on any atom is -0.393 e. The van der Waals surface area contributed by atoms with E-state index in [0.29, 0.717) is 52.1 Å². The fraction of sp³-hybridized carbons (Fsp3) is 0.867. The first-order valence-electron chi connectivity index (χ1n) is 7.99. The van der Waals surface area contributed by atoms with E-state index >= 15 is 0 Å². The number of aliphatic hydroxyl groups excluding tert-OH is 1. The van der Waals surface area contributed by atoms with Gasteiger partial charge in [-0.25, -0.2) is 0 Å². The molecule has 6 nitrogen and oxygen atoms in total. The van der Waals surface area contributed by atoms with Crippen LogP contribution in [0.3, 0.4) is 0 Å². The lowest BCUT2D eigenvalue weighted by Crippen LogP contribution is -2.44. The standard InChI is InChI=1S/C15H24N2O4/c18-13-1-5-16(6-2-13)15(20)11-9-14(19)17(10-11)12-3-7-21-8-4-12/h11-13,18H,1-10H2. The van der Waals surface area contributed by atoms with Gasteiger partial charge in [0.25, 0.3) is 0 Å². The number of likely N-dealkylation sites (tertiary alicyclic amines) is 2. The molecule has 3 aliphatic heterocycles. The lowest BCUT2D eigenvalue weighted by atomic mass is 10.0. The van der Waals surface area contributed by atoms with E-state index in [2.05, 4.69) is 0 Å². The van der Waals surface area contributed by atoms with Crippen LogP contribution in [0.25, 0.3) is 0 Å². The maximum atomic E-state index is 12.5. The molecule has 1 atom stereocenters. The molecule has 3 aliphatic rings. The highest BCUT2D eigenvalue weighted by Crippen LogP contribution is 2.27. The van der Waals surface area contributed by atoms with Gasteiger partial charge in [-0.05, 0) is 25.7 Å². The van der Waals surface area contributed by atoms with Gasteiger partial charge in [0, 0.05) is 45.3 Å². The number of carbonyl (C=O) groups is 2. The Hall–Kier alpha value is -1.14. The third-order valence-corrected chi connectivity index (χ3v) is 4.92. The van der Waals surface area contributed by atoms with Crippen LogP contribution in [-0.4, -0.2) is 71.7 Å². The normalized spacial score (nSPS) is 29.2. The monoisotopic (exact) mass is 296 g/mol. The molecule has 3 rings (SSSR count). The van der Waals surface area contributed by atoms with Gasteiger partial charge < -0.3 is 19.6 Å². The van der Waals surface area contributed by atoms with E-state index < -0.39 is 0 Å². The highest BCUT2D eigenvalue weighted by atomic mass is 16.5. The van der Waals surface area contributed by atoms with E-state index in [1.54, 1.807) is 0 Å². The maximum Gasteiger partial charge on any atom is 0.227 e. The van der Waals surface area contributed by atoms with Crippen LogP contribution in [0.1, 0.15) is 32.1 Å². The van der Waals surface area contributed by atoms with Crippen LogP contribution in [-0.2, 0) is 14.3 Å². The van der Waals surface area contributed by atoms with Crippen molar-refractivity contribution in [3.05, 3.63) is 0 Å². The van der Waals surface area contributed by atoms with Crippen LogP contribution >= 0.6 is 0 Å². The molecule has 0 aliphatic carbocycles. The molecular weight excluding hydrogens is 272 g/mol. The molecule has 0 spiro atoms. The Morgan fingerprint density at radius 3 is 2.48 bits per heavy atom. The molecular formula is C15H24N2O4. The molecule has 0 saturated carbocycles. The highest BCUT2D eigenvalue weighted by Gasteiger charge is 2.40. The van der Waals surface area contributed by atoms with Gasteiger partial charge in [0.2, 0.25) is 11.8 Å². The Labute approximate surface area is 125 Å². The van der Waals surface area contributed by atoms with Gasteiger partial charge >= 0.3 is 0 Å². The number of nitrogens with zero attached hydrogens (tertiary/aromatic N) is 2. The fourth-order valence-electron chi connectivity index (χ4n) is 3.59. The first-order valence-corrected chi connectivity index (χ1v) is 7.99. The molecule has 3 saturated heterocycles. The fourth-order valence-corrected chi connectivity index (χ4v) is 3.59. The van der Waals surface area contributed by atoms with Gasteiger partial charge in [0.1, 0.15) is 0 Å². The Bertz CT molecular complexity index is 400. The van der Waals surface area contributed by atoms with Gasteiger partial charge in [0.05, 0.1) is 12.0 Å². The Morgan fingerprint density at radius 2 is 1.81 bits per heavy atom. The van der Waals surface area contributed by atoms with E-state index in [4.69, 9.17) is 4.74 Å². The molecule has 0 aromatic carbocycles. The van der Waals surface area contributed by atoms with Crippen molar-refractivity contribution in [2.24, 2.45) is 5.92 Å². The molecule has 0 aromatic heterocycles. The quantitative estimate of drug-likeness (QED) is 0.778. The average Bonchev–Trinajstić information content (AvgIpc) is 2.90. The summed E-state index contributed by atoms with van der Waals surface area (Å²) in [6.07, 6.45) is 3.12. The predicted octanol–water partition coefficient (Wildman–Crippen LogP) is -0.00280. The van der Waals surface area contributed by atoms with E-state index in [9.17, 15) is 14.7 Å². The molecule has 6 heteroatoms. The van der Waals surface area contributed by atoms with Crippen LogP contribution in [0, 0.1) is 5.92 Å². The third kappa shape index (κ3) is 3.21. The third-order valence-electron chi connectivity index (χ3n) is 4.92. The Morgan fingerprint density at radius 1 is 1.14 bits per heavy atom. The largest absolute Gasteiger partial charge is 0.393 e. The second kappa shape index (κ2) is 6.32. The van der Waals surface area contributed by atoms with Crippen LogP contribution in [0.15, 0.2) is 0 Å². The van der Waals surface area contributed by atoms with Crippen molar-refractivity contribution < 1.29 is 19.4 Å². The van der Waals surface area contributed by atoms with Gasteiger partial charge in [-0.15, -0.1) is 0 Å². The van der Waals surface area contributed by atoms with Crippen molar-refractivity contribution in [1.29, 1.82) is 0 Å². The number of ether oxygens (including phenoxy) is 1. The topological polar surface area (TPSA) is 70.1 Å². The number of piperidine rings is 1. The Kier molecular flexibility index (Phi) is 4.45. The molecule has 118 valence electrons. The molecule has 1 N–H and O–H groups in total. The zero-order valence-electron chi connectivity index (χ0n) is 12.4. The zero-order valence-corrected chi connectivity index (χ0v) is 12.4. The van der Waals surface area contributed by atoms with Crippen molar-refractivity contribution in [1.82, 2.24) is 9.80 Å². The van der Waals surface area contributed by atoms with Crippen molar-refractivity contribution >= 4 is 11.8 Å². The summed E-state index contributed by atoms with van der Waals surface area (Å²) in [7, 11) is 0. The molecule has 0 bridgehead atoms. The van der Waals surface area contributed by atoms with E-state index in [1.165, 1.54) is 0 Å². The summed E-state index contributed by atoms with van der Waals surface area (Å²) in [6.45, 7) is 3.19. The highest BCUT2D eigenvalue weighted by molar-refractivity contribution is 5.89. The lowest BCUT2D eigenvalue weighted by Gasteiger charge is -2.33. The van der Waals surface area contributed by atoms with Crippen LogP contribution in [0.4, 0.5) is 0 Å². The lowest BCUT2D eigenvalue weighted by molar-refractivity contribution is -0.137. The predicted molar refractivity (Wildman–Crippen MR) is 75.5 cm³/mol. The first-order chi connectivity index (χ1) is 10.1. The second-order valence-corrected chi connectivity index (χ2v) is 6.35. The summed E-state index contributed by atoms with van der Waals surface area (Å²) in [6, 6.07) is 0.243. The van der Waals surface area contributed by atoms with Gasteiger partial charge in [-0.1, -0.05) is 0 Å². The molecule has 0 aromatic rings. The molecule has 1 unspecified atom stereocenters. The minimum absolute atomic E-state index is 0.0878. The summed E-state index contributed by atoms with van der Waals surface area (Å²) in [4.78, 5) is 28.4. The number of hydrogen-bond donors (Lipinski definition) is 1. The molecule has 3 fully saturated rings. The maximum absolute atomic E-state index is 12.5. The van der Waals surface area contributed by atoms with Crippen LogP contribution < -0.4 is 0 Å². The number of carbonyl (C=O) groups excluding carboxylic acids is 2. The average molecular weight is 296 g/mol. The van der Waals surface area contributed by atoms with Gasteiger partial charge in [0.15, 0.2) is 0 Å². The zero-order chi connectivity index (χ0) is 14.8. The van der Waals surface area contributed by atoms with E-state index in [1.807, 2.05) is 9.80 Å². The SMILES string of the molecule is O=C(C1CC(=O)N(C2CCOCC2)C1)N1CCC(O)CC1. The summed E-state index contributed by atoms with van der Waals surface area (Å²) in [5.74, 6) is -0.00214. The van der Waals surface area contributed by atoms with Crippen molar-refractivity contribution in [3.8, 4) is 0 Å². The smallest absolute Gasteiger partial charge is 0.227 e. The number of hydrogen-bond acceptors (Lipinski definition) is 4. The van der Waals surface area contributed by atoms with Gasteiger partial charge in [-0.3, -0.25) is 9.59 Å². The summed E-state index contributed by atoms with van der Waals surface area (Å²) in [5.41, 5.74) is 0. The van der Waals surface area contributed by atoms with Crippen molar-refractivity contribution in [2.45, 2.75) is 44.2 Å². The second-order valence-electron chi connectivity index (χ2n) is 6.35. The Balaban J connectivity index is 1.57.